The molecule has 1 fully saturated rings. The lowest BCUT2D eigenvalue weighted by atomic mass is 9.88. The molecule has 2 unspecified atom stereocenters. The zero-order valence-electron chi connectivity index (χ0n) is 8.04. The number of aliphatic hydroxyl groups is 1. The van der Waals surface area contributed by atoms with E-state index in [0.29, 0.717) is 5.92 Å². The summed E-state index contributed by atoms with van der Waals surface area (Å²) in [7, 11) is 0. The van der Waals surface area contributed by atoms with E-state index in [-0.39, 0.29) is 6.10 Å². The van der Waals surface area contributed by atoms with Crippen molar-refractivity contribution in [1.82, 2.24) is 0 Å². The van der Waals surface area contributed by atoms with Gasteiger partial charge in [-0.15, -0.1) is 0 Å². The molecule has 0 amide bonds. The van der Waals surface area contributed by atoms with Crippen LogP contribution in [0, 0.1) is 5.92 Å². The quantitative estimate of drug-likeness (QED) is 0.688. The summed E-state index contributed by atoms with van der Waals surface area (Å²) < 4.78 is 0. The Labute approximate surface area is 84.6 Å². The molecule has 13 heavy (non-hydrogen) atoms. The van der Waals surface area contributed by atoms with Crippen LogP contribution in [0.5, 0.6) is 0 Å². The summed E-state index contributed by atoms with van der Waals surface area (Å²) in [5, 5.41) is 10.1. The Morgan fingerprint density at radius 2 is 2.38 bits per heavy atom. The van der Waals surface area contributed by atoms with E-state index in [1.807, 2.05) is 11.8 Å². The minimum atomic E-state index is -0.115. The summed E-state index contributed by atoms with van der Waals surface area (Å²) in [6, 6.07) is 0. The second-order valence-electron chi connectivity index (χ2n) is 4.09. The maximum atomic E-state index is 10.1. The highest BCUT2D eigenvalue weighted by Gasteiger charge is 2.26. The number of thioether (sulfide) groups is 1. The van der Waals surface area contributed by atoms with Gasteiger partial charge in [0.05, 0.1) is 6.10 Å². The first-order valence-corrected chi connectivity index (χ1v) is 6.48. The Hall–Kier alpha value is 0.0500. The van der Waals surface area contributed by atoms with Crippen molar-refractivity contribution in [1.29, 1.82) is 0 Å². The van der Waals surface area contributed by atoms with Crippen LogP contribution in [0.3, 0.4) is 0 Å². The minimum absolute atomic E-state index is 0.115. The third-order valence-electron chi connectivity index (χ3n) is 3.12. The molecule has 2 atom stereocenters. The lowest BCUT2D eigenvalue weighted by Crippen LogP contribution is -2.23. The molecule has 0 radical (unpaired) electrons. The SMILES string of the molecule is OC(C1=CCCCC1)C1CCSC1. The summed E-state index contributed by atoms with van der Waals surface area (Å²) >= 11 is 1.99. The van der Waals surface area contributed by atoms with Gasteiger partial charge in [0.1, 0.15) is 0 Å². The lowest BCUT2D eigenvalue weighted by molar-refractivity contribution is 0.148. The predicted octanol–water partition coefficient (Wildman–Crippen LogP) is 2.60. The van der Waals surface area contributed by atoms with E-state index < -0.39 is 0 Å². The molecule has 1 aliphatic carbocycles. The molecule has 2 aliphatic rings. The highest BCUT2D eigenvalue weighted by molar-refractivity contribution is 7.99. The van der Waals surface area contributed by atoms with Gasteiger partial charge in [0.25, 0.3) is 0 Å². The Morgan fingerprint density at radius 1 is 1.46 bits per heavy atom. The Morgan fingerprint density at radius 3 is 3.00 bits per heavy atom. The van der Waals surface area contributed by atoms with Crippen LogP contribution in [-0.4, -0.2) is 22.7 Å². The summed E-state index contributed by atoms with van der Waals surface area (Å²) in [4.78, 5) is 0. The van der Waals surface area contributed by atoms with Gasteiger partial charge >= 0.3 is 0 Å². The molecule has 0 aromatic heterocycles. The Balaban J connectivity index is 1.94. The van der Waals surface area contributed by atoms with E-state index in [0.717, 1.165) is 6.42 Å². The molecule has 2 rings (SSSR count). The van der Waals surface area contributed by atoms with Gasteiger partial charge in [-0.25, -0.2) is 0 Å². The van der Waals surface area contributed by atoms with E-state index in [1.165, 1.54) is 42.8 Å². The average Bonchev–Trinajstić information content (AvgIpc) is 2.71. The molecule has 1 nitrogen and oxygen atoms in total. The van der Waals surface area contributed by atoms with Gasteiger partial charge in [-0.3, -0.25) is 0 Å². The van der Waals surface area contributed by atoms with E-state index >= 15 is 0 Å². The second kappa shape index (κ2) is 4.52. The van der Waals surface area contributed by atoms with Crippen molar-refractivity contribution >= 4 is 11.8 Å². The van der Waals surface area contributed by atoms with Crippen LogP contribution in [0.15, 0.2) is 11.6 Å². The Kier molecular flexibility index (Phi) is 3.33. The predicted molar refractivity (Wildman–Crippen MR) is 58.0 cm³/mol. The van der Waals surface area contributed by atoms with Crippen molar-refractivity contribution in [3.8, 4) is 0 Å². The highest BCUT2D eigenvalue weighted by Crippen LogP contribution is 2.32. The fourth-order valence-electron chi connectivity index (χ4n) is 2.24. The largest absolute Gasteiger partial charge is 0.388 e. The van der Waals surface area contributed by atoms with Crippen molar-refractivity contribution in [2.24, 2.45) is 5.92 Å². The smallest absolute Gasteiger partial charge is 0.0786 e. The lowest BCUT2D eigenvalue weighted by Gasteiger charge is -2.23. The van der Waals surface area contributed by atoms with Crippen molar-refractivity contribution in [2.45, 2.75) is 38.2 Å². The zero-order chi connectivity index (χ0) is 9.10. The van der Waals surface area contributed by atoms with Gasteiger partial charge in [-0.05, 0) is 55.1 Å². The molecule has 2 heteroatoms. The average molecular weight is 198 g/mol. The molecule has 0 aromatic carbocycles. The van der Waals surface area contributed by atoms with Gasteiger partial charge in [0, 0.05) is 0 Å². The van der Waals surface area contributed by atoms with Gasteiger partial charge in [-0.2, -0.15) is 11.8 Å². The van der Waals surface area contributed by atoms with E-state index in [9.17, 15) is 5.11 Å². The van der Waals surface area contributed by atoms with Crippen LogP contribution in [0.2, 0.25) is 0 Å². The van der Waals surface area contributed by atoms with E-state index in [2.05, 4.69) is 6.08 Å². The van der Waals surface area contributed by atoms with Gasteiger partial charge in [-0.1, -0.05) is 6.08 Å². The van der Waals surface area contributed by atoms with Crippen molar-refractivity contribution in [2.75, 3.05) is 11.5 Å². The van der Waals surface area contributed by atoms with Crippen LogP contribution >= 0.6 is 11.8 Å². The summed E-state index contributed by atoms with van der Waals surface area (Å²) in [6.45, 7) is 0. The van der Waals surface area contributed by atoms with Crippen LogP contribution in [0.25, 0.3) is 0 Å². The maximum Gasteiger partial charge on any atom is 0.0786 e. The molecule has 0 aromatic rings. The van der Waals surface area contributed by atoms with Crippen LogP contribution < -0.4 is 0 Å². The van der Waals surface area contributed by atoms with E-state index in [1.54, 1.807) is 0 Å². The fraction of sp³-hybridized carbons (Fsp3) is 0.818. The zero-order valence-corrected chi connectivity index (χ0v) is 8.85. The molecule has 0 spiro atoms. The van der Waals surface area contributed by atoms with Crippen molar-refractivity contribution < 1.29 is 5.11 Å². The summed E-state index contributed by atoms with van der Waals surface area (Å²) in [5.41, 5.74) is 1.33. The van der Waals surface area contributed by atoms with Crippen LogP contribution in [0.4, 0.5) is 0 Å². The molecule has 1 N–H and O–H groups in total. The third-order valence-corrected chi connectivity index (χ3v) is 4.31. The molecule has 74 valence electrons. The third kappa shape index (κ3) is 2.29. The van der Waals surface area contributed by atoms with E-state index in [4.69, 9.17) is 0 Å². The first-order valence-electron chi connectivity index (χ1n) is 5.32. The number of aliphatic hydroxyl groups excluding tert-OH is 1. The summed E-state index contributed by atoms with van der Waals surface area (Å²) in [5.74, 6) is 2.96. The minimum Gasteiger partial charge on any atom is -0.388 e. The number of hydrogen-bond donors (Lipinski definition) is 1. The number of hydrogen-bond acceptors (Lipinski definition) is 2. The van der Waals surface area contributed by atoms with Gasteiger partial charge in [0.15, 0.2) is 0 Å². The molecule has 0 saturated carbocycles. The number of rotatable bonds is 2. The monoisotopic (exact) mass is 198 g/mol. The van der Waals surface area contributed by atoms with Crippen LogP contribution in [0.1, 0.15) is 32.1 Å². The molecule has 1 heterocycles. The van der Waals surface area contributed by atoms with Gasteiger partial charge in [0.2, 0.25) is 0 Å². The first kappa shape index (κ1) is 9.60. The van der Waals surface area contributed by atoms with Gasteiger partial charge < -0.3 is 5.11 Å². The van der Waals surface area contributed by atoms with Crippen molar-refractivity contribution in [3.63, 3.8) is 0 Å². The number of allylic oxidation sites excluding steroid dienone is 1. The fourth-order valence-corrected chi connectivity index (χ4v) is 3.52. The summed E-state index contributed by atoms with van der Waals surface area (Å²) in [6.07, 6.45) is 8.29. The van der Waals surface area contributed by atoms with Crippen LogP contribution in [-0.2, 0) is 0 Å². The topological polar surface area (TPSA) is 20.2 Å². The first-order chi connectivity index (χ1) is 6.38. The Bertz CT molecular complexity index is 194. The molecule has 0 bridgehead atoms. The molecular formula is C11H18OS. The molecule has 1 saturated heterocycles. The molecule has 1 aliphatic heterocycles. The normalized spacial score (nSPS) is 31.5. The highest BCUT2D eigenvalue weighted by atomic mass is 32.2. The second-order valence-corrected chi connectivity index (χ2v) is 5.24. The maximum absolute atomic E-state index is 10.1. The molecular weight excluding hydrogens is 180 g/mol. The van der Waals surface area contributed by atoms with Crippen molar-refractivity contribution in [3.05, 3.63) is 11.6 Å². The standard InChI is InChI=1S/C11H18OS/c12-11(10-6-7-13-8-10)9-4-2-1-3-5-9/h4,10-12H,1-3,5-8H2.